The largest absolute Gasteiger partial charge is 0.496 e. The van der Waals surface area contributed by atoms with Crippen molar-refractivity contribution < 1.29 is 14.3 Å². The van der Waals surface area contributed by atoms with Crippen LogP contribution in [0.3, 0.4) is 0 Å². The number of benzene rings is 2. The van der Waals surface area contributed by atoms with Crippen LogP contribution >= 0.6 is 11.3 Å². The van der Waals surface area contributed by atoms with Gasteiger partial charge in [0.2, 0.25) is 5.91 Å². The molecule has 0 spiro atoms. The average Bonchev–Trinajstić information content (AvgIpc) is 3.18. The van der Waals surface area contributed by atoms with Crippen molar-refractivity contribution in [3.63, 3.8) is 0 Å². The van der Waals surface area contributed by atoms with Crippen molar-refractivity contribution in [1.82, 2.24) is 10.3 Å². The summed E-state index contributed by atoms with van der Waals surface area (Å²) in [5.74, 6) is -0.257. The van der Waals surface area contributed by atoms with Gasteiger partial charge in [0.25, 0.3) is 5.91 Å². The van der Waals surface area contributed by atoms with Crippen LogP contribution in [0, 0.1) is 12.8 Å². The number of thiazole rings is 1. The lowest BCUT2D eigenvalue weighted by atomic mass is 10.0. The molecule has 0 aliphatic rings. The standard InChI is InChI=1S/C23H25N3O3S/c1-14(2)21(26-22(27)18-7-5-6-8-20(18)29-4)23(28)25-17-11-9-16(10-12-17)19-13-30-15(3)24-19/h5-14,21H,1-4H3,(H,25,28)(H,26,27)/t21-/m0/s1. The zero-order valence-corrected chi connectivity index (χ0v) is 18.2. The molecule has 2 N–H and O–H groups in total. The zero-order chi connectivity index (χ0) is 21.7. The third-order valence-electron chi connectivity index (χ3n) is 4.65. The second-order valence-electron chi connectivity index (χ2n) is 7.21. The van der Waals surface area contributed by atoms with Gasteiger partial charge in [-0.15, -0.1) is 11.3 Å². The van der Waals surface area contributed by atoms with E-state index in [4.69, 9.17) is 4.74 Å². The highest BCUT2D eigenvalue weighted by atomic mass is 32.1. The highest BCUT2D eigenvalue weighted by Gasteiger charge is 2.26. The predicted molar refractivity (Wildman–Crippen MR) is 120 cm³/mol. The van der Waals surface area contributed by atoms with Crippen molar-refractivity contribution in [2.45, 2.75) is 26.8 Å². The fourth-order valence-electron chi connectivity index (χ4n) is 3.03. The van der Waals surface area contributed by atoms with E-state index in [1.165, 1.54) is 7.11 Å². The molecule has 2 amide bonds. The topological polar surface area (TPSA) is 80.3 Å². The summed E-state index contributed by atoms with van der Waals surface area (Å²) in [7, 11) is 1.51. The summed E-state index contributed by atoms with van der Waals surface area (Å²) < 4.78 is 5.25. The summed E-state index contributed by atoms with van der Waals surface area (Å²) in [6, 6.07) is 13.7. The Kier molecular flexibility index (Phi) is 6.84. The van der Waals surface area contributed by atoms with Crippen LogP contribution in [0.5, 0.6) is 5.75 Å². The number of nitrogens with one attached hydrogen (secondary N) is 2. The molecule has 0 radical (unpaired) electrons. The minimum absolute atomic E-state index is 0.0964. The number of hydrogen-bond acceptors (Lipinski definition) is 5. The van der Waals surface area contributed by atoms with Crippen LogP contribution in [0.1, 0.15) is 29.2 Å². The zero-order valence-electron chi connectivity index (χ0n) is 17.4. The maximum absolute atomic E-state index is 12.9. The molecule has 6 nitrogen and oxygen atoms in total. The van der Waals surface area contributed by atoms with E-state index in [1.54, 1.807) is 35.6 Å². The molecule has 1 heterocycles. The van der Waals surface area contributed by atoms with Gasteiger partial charge in [-0.2, -0.15) is 0 Å². The summed E-state index contributed by atoms with van der Waals surface area (Å²) >= 11 is 1.60. The van der Waals surface area contributed by atoms with Gasteiger partial charge in [-0.05, 0) is 37.1 Å². The molecular formula is C23H25N3O3S. The Morgan fingerprint density at radius 1 is 1.07 bits per heavy atom. The van der Waals surface area contributed by atoms with Gasteiger partial charge in [0.15, 0.2) is 0 Å². The number of hydrogen-bond donors (Lipinski definition) is 2. The molecule has 3 aromatic rings. The van der Waals surface area contributed by atoms with Gasteiger partial charge < -0.3 is 15.4 Å². The SMILES string of the molecule is COc1ccccc1C(=O)N[C@H](C(=O)Nc1ccc(-c2csc(C)n2)cc1)C(C)C. The Bertz CT molecular complexity index is 1030. The molecular weight excluding hydrogens is 398 g/mol. The van der Waals surface area contributed by atoms with Gasteiger partial charge in [-0.25, -0.2) is 4.98 Å². The Hall–Kier alpha value is -3.19. The van der Waals surface area contributed by atoms with Crippen LogP contribution in [-0.2, 0) is 4.79 Å². The summed E-state index contributed by atoms with van der Waals surface area (Å²) in [5, 5.41) is 8.73. The molecule has 7 heteroatoms. The van der Waals surface area contributed by atoms with Crippen LogP contribution in [0.2, 0.25) is 0 Å². The van der Waals surface area contributed by atoms with Crippen LogP contribution in [-0.4, -0.2) is 29.9 Å². The summed E-state index contributed by atoms with van der Waals surface area (Å²) in [6.45, 7) is 5.75. The summed E-state index contributed by atoms with van der Waals surface area (Å²) in [6.07, 6.45) is 0. The van der Waals surface area contributed by atoms with Crippen molar-refractivity contribution in [1.29, 1.82) is 0 Å². The second-order valence-corrected chi connectivity index (χ2v) is 8.28. The number of amides is 2. The van der Waals surface area contributed by atoms with Crippen LogP contribution in [0.25, 0.3) is 11.3 Å². The second kappa shape index (κ2) is 9.54. The first kappa shape index (κ1) is 21.5. The molecule has 156 valence electrons. The normalized spacial score (nSPS) is 11.8. The van der Waals surface area contributed by atoms with Crippen molar-refractivity contribution in [2.75, 3.05) is 12.4 Å². The van der Waals surface area contributed by atoms with E-state index < -0.39 is 6.04 Å². The first-order valence-electron chi connectivity index (χ1n) is 9.66. The molecule has 0 unspecified atom stereocenters. The number of aryl methyl sites for hydroxylation is 1. The Morgan fingerprint density at radius 2 is 1.77 bits per heavy atom. The third-order valence-corrected chi connectivity index (χ3v) is 5.43. The van der Waals surface area contributed by atoms with Crippen molar-refractivity contribution in [2.24, 2.45) is 5.92 Å². The van der Waals surface area contributed by atoms with Crippen molar-refractivity contribution in [3.05, 3.63) is 64.5 Å². The van der Waals surface area contributed by atoms with Crippen LogP contribution < -0.4 is 15.4 Å². The van der Waals surface area contributed by atoms with E-state index >= 15 is 0 Å². The number of ether oxygens (including phenoxy) is 1. The lowest BCUT2D eigenvalue weighted by molar-refractivity contribution is -0.118. The lowest BCUT2D eigenvalue weighted by Crippen LogP contribution is -2.47. The van der Waals surface area contributed by atoms with Gasteiger partial charge in [0.1, 0.15) is 11.8 Å². The molecule has 0 saturated heterocycles. The Labute approximate surface area is 180 Å². The Morgan fingerprint density at radius 3 is 2.37 bits per heavy atom. The molecule has 0 aliphatic heterocycles. The average molecular weight is 424 g/mol. The number of carbonyl (C=O) groups excluding carboxylic acids is 2. The number of aromatic nitrogens is 1. The molecule has 30 heavy (non-hydrogen) atoms. The number of methoxy groups -OCH3 is 1. The van der Waals surface area contributed by atoms with Gasteiger partial charge >= 0.3 is 0 Å². The van der Waals surface area contributed by atoms with Gasteiger partial charge in [0.05, 0.1) is 23.4 Å². The Balaban J connectivity index is 1.70. The first-order chi connectivity index (χ1) is 14.4. The summed E-state index contributed by atoms with van der Waals surface area (Å²) in [4.78, 5) is 30.1. The number of nitrogens with zero attached hydrogens (tertiary/aromatic N) is 1. The molecule has 0 fully saturated rings. The van der Waals surface area contributed by atoms with Crippen molar-refractivity contribution >= 4 is 28.8 Å². The van der Waals surface area contributed by atoms with Crippen molar-refractivity contribution in [3.8, 4) is 17.0 Å². The van der Waals surface area contributed by atoms with Crippen LogP contribution in [0.15, 0.2) is 53.9 Å². The van der Waals surface area contributed by atoms with Crippen LogP contribution in [0.4, 0.5) is 5.69 Å². The molecule has 0 saturated carbocycles. The predicted octanol–water partition coefficient (Wildman–Crippen LogP) is 4.52. The van der Waals surface area contributed by atoms with Gasteiger partial charge in [0, 0.05) is 16.6 Å². The van der Waals surface area contributed by atoms with E-state index in [9.17, 15) is 9.59 Å². The minimum Gasteiger partial charge on any atom is -0.496 e. The van der Waals surface area contributed by atoms with E-state index in [2.05, 4.69) is 15.6 Å². The molecule has 1 aromatic heterocycles. The van der Waals surface area contributed by atoms with E-state index in [-0.39, 0.29) is 17.7 Å². The minimum atomic E-state index is -0.691. The quantitative estimate of drug-likeness (QED) is 0.585. The molecule has 1 atom stereocenters. The van der Waals surface area contributed by atoms with Gasteiger partial charge in [-0.1, -0.05) is 38.1 Å². The fraction of sp³-hybridized carbons (Fsp3) is 0.261. The molecule has 2 aromatic carbocycles. The summed E-state index contributed by atoms with van der Waals surface area (Å²) in [5.41, 5.74) is 2.95. The number of carbonyl (C=O) groups is 2. The number of para-hydroxylation sites is 1. The molecule has 3 rings (SSSR count). The third kappa shape index (κ3) is 5.04. The highest BCUT2D eigenvalue weighted by molar-refractivity contribution is 7.09. The molecule has 0 bridgehead atoms. The fourth-order valence-corrected chi connectivity index (χ4v) is 3.65. The van der Waals surface area contributed by atoms with E-state index in [1.807, 2.05) is 50.4 Å². The monoisotopic (exact) mass is 423 g/mol. The van der Waals surface area contributed by atoms with E-state index in [0.717, 1.165) is 16.3 Å². The highest BCUT2D eigenvalue weighted by Crippen LogP contribution is 2.23. The smallest absolute Gasteiger partial charge is 0.255 e. The maximum Gasteiger partial charge on any atom is 0.255 e. The first-order valence-corrected chi connectivity index (χ1v) is 10.5. The lowest BCUT2D eigenvalue weighted by Gasteiger charge is -2.22. The van der Waals surface area contributed by atoms with E-state index in [0.29, 0.717) is 17.0 Å². The maximum atomic E-state index is 12.9. The molecule has 0 aliphatic carbocycles. The van der Waals surface area contributed by atoms with Gasteiger partial charge in [-0.3, -0.25) is 9.59 Å². The number of anilines is 1. The number of rotatable bonds is 7.